The summed E-state index contributed by atoms with van der Waals surface area (Å²) in [6.45, 7) is 0. The first-order valence-corrected chi connectivity index (χ1v) is 4.59. The van der Waals surface area contributed by atoms with Crippen LogP contribution < -0.4 is 11.1 Å². The number of rotatable bonds is 2. The lowest BCUT2D eigenvalue weighted by atomic mass is 10.3. The Hall–Kier alpha value is -2.17. The number of anilines is 3. The van der Waals surface area contributed by atoms with E-state index in [4.69, 9.17) is 5.73 Å². The molecule has 16 heavy (non-hydrogen) atoms. The molecule has 82 valence electrons. The van der Waals surface area contributed by atoms with Gasteiger partial charge in [0.2, 0.25) is 0 Å². The Bertz CT molecular complexity index is 514. The van der Waals surface area contributed by atoms with Gasteiger partial charge in [-0.3, -0.25) is 0 Å². The molecule has 0 aliphatic carbocycles. The van der Waals surface area contributed by atoms with Crippen molar-refractivity contribution in [3.63, 3.8) is 0 Å². The quantitative estimate of drug-likeness (QED) is 0.819. The van der Waals surface area contributed by atoms with Gasteiger partial charge in [-0.05, 0) is 24.3 Å². The third-order valence-corrected chi connectivity index (χ3v) is 2.02. The van der Waals surface area contributed by atoms with Gasteiger partial charge in [-0.25, -0.2) is 13.8 Å². The summed E-state index contributed by atoms with van der Waals surface area (Å²) in [6.07, 6.45) is 1.55. The highest BCUT2D eigenvalue weighted by atomic mass is 19.2. The summed E-state index contributed by atoms with van der Waals surface area (Å²) in [5.41, 5.74) is 6.47. The van der Waals surface area contributed by atoms with E-state index in [1.807, 2.05) is 0 Å². The van der Waals surface area contributed by atoms with Gasteiger partial charge in [-0.2, -0.15) is 0 Å². The number of nitrogens with two attached hydrogens (primary N) is 1. The Labute approximate surface area is 90.9 Å². The van der Waals surface area contributed by atoms with Crippen molar-refractivity contribution >= 4 is 17.2 Å². The van der Waals surface area contributed by atoms with Gasteiger partial charge in [0, 0.05) is 18.0 Å². The molecule has 0 saturated carbocycles. The van der Waals surface area contributed by atoms with Crippen LogP contribution in [0.3, 0.4) is 0 Å². The minimum atomic E-state index is -0.917. The Morgan fingerprint density at radius 2 is 1.94 bits per heavy atom. The molecule has 5 heteroatoms. The number of nitrogens with one attached hydrogen (secondary N) is 1. The summed E-state index contributed by atoms with van der Waals surface area (Å²) in [5.74, 6) is -1.40. The zero-order valence-corrected chi connectivity index (χ0v) is 8.24. The molecule has 0 unspecified atom stereocenters. The molecule has 0 atom stereocenters. The van der Waals surface area contributed by atoms with Crippen LogP contribution >= 0.6 is 0 Å². The van der Waals surface area contributed by atoms with Gasteiger partial charge in [0.1, 0.15) is 0 Å². The number of benzene rings is 1. The van der Waals surface area contributed by atoms with Gasteiger partial charge in [-0.15, -0.1) is 0 Å². The zero-order valence-electron chi connectivity index (χ0n) is 8.24. The van der Waals surface area contributed by atoms with E-state index < -0.39 is 11.6 Å². The molecule has 0 spiro atoms. The van der Waals surface area contributed by atoms with Gasteiger partial charge in [0.05, 0.1) is 5.69 Å². The first-order chi connectivity index (χ1) is 7.66. The van der Waals surface area contributed by atoms with Crippen molar-refractivity contribution in [2.45, 2.75) is 0 Å². The largest absolute Gasteiger partial charge is 0.396 e. The highest BCUT2D eigenvalue weighted by molar-refractivity contribution is 5.68. The molecule has 0 aliphatic heterocycles. The van der Waals surface area contributed by atoms with Crippen molar-refractivity contribution in [1.82, 2.24) is 4.98 Å². The third kappa shape index (κ3) is 2.08. The highest BCUT2D eigenvalue weighted by Gasteiger charge is 2.04. The molecule has 0 radical (unpaired) electrons. The molecular weight excluding hydrogens is 212 g/mol. The normalized spacial score (nSPS) is 10.1. The van der Waals surface area contributed by atoms with E-state index in [-0.39, 0.29) is 0 Å². The Balaban J connectivity index is 2.28. The molecule has 0 amide bonds. The summed E-state index contributed by atoms with van der Waals surface area (Å²) in [5, 5.41) is 2.80. The van der Waals surface area contributed by atoms with E-state index in [1.165, 1.54) is 6.07 Å². The first kappa shape index (κ1) is 10.4. The van der Waals surface area contributed by atoms with Crippen LogP contribution in [0.1, 0.15) is 0 Å². The molecule has 0 saturated heterocycles. The number of hydrogen-bond donors (Lipinski definition) is 2. The molecule has 0 aliphatic rings. The van der Waals surface area contributed by atoms with Crippen molar-refractivity contribution in [2.24, 2.45) is 0 Å². The van der Waals surface area contributed by atoms with Crippen molar-refractivity contribution in [3.8, 4) is 0 Å². The van der Waals surface area contributed by atoms with E-state index in [0.717, 1.165) is 12.1 Å². The van der Waals surface area contributed by atoms with Gasteiger partial charge >= 0.3 is 0 Å². The van der Waals surface area contributed by atoms with Gasteiger partial charge in [0.15, 0.2) is 17.5 Å². The van der Waals surface area contributed by atoms with Crippen LogP contribution in [0.5, 0.6) is 0 Å². The van der Waals surface area contributed by atoms with Gasteiger partial charge < -0.3 is 11.1 Å². The van der Waals surface area contributed by atoms with Crippen LogP contribution in [0, 0.1) is 11.6 Å². The number of pyridine rings is 1. The van der Waals surface area contributed by atoms with E-state index >= 15 is 0 Å². The lowest BCUT2D eigenvalue weighted by Gasteiger charge is -2.07. The molecule has 3 N–H and O–H groups in total. The molecule has 2 rings (SSSR count). The van der Waals surface area contributed by atoms with Crippen LogP contribution in [-0.4, -0.2) is 4.98 Å². The minimum Gasteiger partial charge on any atom is -0.396 e. The summed E-state index contributed by atoms with van der Waals surface area (Å²) in [6, 6.07) is 6.84. The van der Waals surface area contributed by atoms with Crippen molar-refractivity contribution in [2.75, 3.05) is 11.1 Å². The van der Waals surface area contributed by atoms with E-state index in [2.05, 4.69) is 10.3 Å². The van der Waals surface area contributed by atoms with Crippen LogP contribution in [0.15, 0.2) is 36.5 Å². The van der Waals surface area contributed by atoms with Crippen LogP contribution in [0.4, 0.5) is 26.0 Å². The predicted molar refractivity (Wildman–Crippen MR) is 58.3 cm³/mol. The molecule has 3 nitrogen and oxygen atoms in total. The maximum Gasteiger partial charge on any atom is 0.160 e. The van der Waals surface area contributed by atoms with Crippen LogP contribution in [0.25, 0.3) is 0 Å². The monoisotopic (exact) mass is 221 g/mol. The maximum absolute atomic E-state index is 12.9. The summed E-state index contributed by atoms with van der Waals surface area (Å²) in [7, 11) is 0. The Morgan fingerprint density at radius 3 is 2.62 bits per heavy atom. The first-order valence-electron chi connectivity index (χ1n) is 4.59. The minimum absolute atomic E-state index is 0.393. The Kier molecular flexibility index (Phi) is 2.68. The van der Waals surface area contributed by atoms with Crippen LogP contribution in [-0.2, 0) is 0 Å². The molecule has 1 aromatic heterocycles. The fraction of sp³-hybridized carbons (Fsp3) is 0. The van der Waals surface area contributed by atoms with Crippen molar-refractivity contribution in [1.29, 1.82) is 0 Å². The van der Waals surface area contributed by atoms with Gasteiger partial charge in [0.25, 0.3) is 0 Å². The van der Waals surface area contributed by atoms with E-state index in [9.17, 15) is 8.78 Å². The second-order valence-electron chi connectivity index (χ2n) is 3.20. The van der Waals surface area contributed by atoms with Crippen molar-refractivity contribution < 1.29 is 8.78 Å². The Morgan fingerprint density at radius 1 is 1.12 bits per heavy atom. The second kappa shape index (κ2) is 4.14. The number of nitrogen functional groups attached to an aromatic ring is 1. The fourth-order valence-electron chi connectivity index (χ4n) is 1.23. The summed E-state index contributed by atoms with van der Waals surface area (Å²) < 4.78 is 25.6. The molecule has 1 heterocycles. The van der Waals surface area contributed by atoms with Crippen molar-refractivity contribution in [3.05, 3.63) is 48.2 Å². The molecular formula is C11H9F2N3. The van der Waals surface area contributed by atoms with Crippen LogP contribution in [0.2, 0.25) is 0 Å². The number of hydrogen-bond acceptors (Lipinski definition) is 3. The lowest BCUT2D eigenvalue weighted by Crippen LogP contribution is -1.99. The molecule has 0 bridgehead atoms. The standard InChI is InChI=1S/C11H9F2N3/c12-8-4-3-7(6-9(8)13)16-11-10(14)2-1-5-15-11/h1-6H,14H2,(H,15,16). The predicted octanol–water partition coefficient (Wildman–Crippen LogP) is 2.69. The fourth-order valence-corrected chi connectivity index (χ4v) is 1.23. The topological polar surface area (TPSA) is 50.9 Å². The maximum atomic E-state index is 12.9. The summed E-state index contributed by atoms with van der Waals surface area (Å²) >= 11 is 0. The third-order valence-electron chi connectivity index (χ3n) is 2.02. The summed E-state index contributed by atoms with van der Waals surface area (Å²) in [4.78, 5) is 3.97. The molecule has 1 aromatic carbocycles. The highest BCUT2D eigenvalue weighted by Crippen LogP contribution is 2.21. The second-order valence-corrected chi connectivity index (χ2v) is 3.20. The smallest absolute Gasteiger partial charge is 0.160 e. The SMILES string of the molecule is Nc1cccnc1Nc1ccc(F)c(F)c1. The molecule has 0 fully saturated rings. The van der Waals surface area contributed by atoms with E-state index in [1.54, 1.807) is 18.3 Å². The van der Waals surface area contributed by atoms with Gasteiger partial charge in [-0.1, -0.05) is 0 Å². The average Bonchev–Trinajstić information content (AvgIpc) is 2.27. The van der Waals surface area contributed by atoms with E-state index in [0.29, 0.717) is 17.2 Å². The molecule has 2 aromatic rings. The average molecular weight is 221 g/mol. The number of aromatic nitrogens is 1. The number of halogens is 2. The zero-order chi connectivity index (χ0) is 11.5. The number of nitrogens with zero attached hydrogens (tertiary/aromatic N) is 1. The lowest BCUT2D eigenvalue weighted by molar-refractivity contribution is 0.509.